The molecule has 1 fully saturated rings. The largest absolute Gasteiger partial charge is 0.349 e. The number of pyridine rings is 1. The van der Waals surface area contributed by atoms with E-state index in [1.165, 1.54) is 0 Å². The second kappa shape index (κ2) is 10.8. The maximum atomic E-state index is 13.8. The zero-order chi connectivity index (χ0) is 27.8. The monoisotopic (exact) mass is 554 g/mol. The van der Waals surface area contributed by atoms with Crippen LogP contribution in [0.25, 0.3) is 28.0 Å². The predicted molar refractivity (Wildman–Crippen MR) is 157 cm³/mol. The van der Waals surface area contributed by atoms with E-state index in [0.717, 1.165) is 53.7 Å². The number of carbonyl (C=O) groups excluding carboxylic acids is 1. The average Bonchev–Trinajstić information content (AvgIpc) is 3.51. The van der Waals surface area contributed by atoms with Gasteiger partial charge in [0.25, 0.3) is 5.91 Å². The molecule has 1 saturated carbocycles. The first-order chi connectivity index (χ1) is 19.4. The van der Waals surface area contributed by atoms with Gasteiger partial charge in [0.05, 0.1) is 38.7 Å². The number of para-hydroxylation sites is 2. The van der Waals surface area contributed by atoms with E-state index in [1.807, 2.05) is 77.8 Å². The van der Waals surface area contributed by atoms with Crippen LogP contribution in [0.2, 0.25) is 5.02 Å². The van der Waals surface area contributed by atoms with Gasteiger partial charge in [-0.3, -0.25) is 23.6 Å². The smallest absolute Gasteiger partial charge is 0.333 e. The lowest BCUT2D eigenvalue weighted by atomic mass is 9.85. The summed E-state index contributed by atoms with van der Waals surface area (Å²) in [5.74, 6) is 0.219. The highest BCUT2D eigenvalue weighted by Crippen LogP contribution is 2.28. The molecule has 204 valence electrons. The average molecular weight is 555 g/mol. The minimum atomic E-state index is -0.135. The Kier molecular flexibility index (Phi) is 7.02. The van der Waals surface area contributed by atoms with E-state index in [0.29, 0.717) is 28.7 Å². The molecule has 9 heteroatoms. The molecule has 8 nitrogen and oxygen atoms in total. The van der Waals surface area contributed by atoms with Gasteiger partial charge in [-0.2, -0.15) is 5.10 Å². The fourth-order valence-electron chi connectivity index (χ4n) is 5.82. The number of aromatic nitrogens is 5. The summed E-state index contributed by atoms with van der Waals surface area (Å²) in [5, 5.41) is 7.87. The fraction of sp³-hybridized carbons (Fsp3) is 0.290. The molecule has 0 saturated heterocycles. The zero-order valence-electron chi connectivity index (χ0n) is 22.5. The summed E-state index contributed by atoms with van der Waals surface area (Å²) in [6, 6.07) is 19.7. The zero-order valence-corrected chi connectivity index (χ0v) is 23.3. The number of rotatable bonds is 6. The highest BCUT2D eigenvalue weighted by molar-refractivity contribution is 6.30. The standard InChI is InChI=1S/C31H31ClN6O2/c1-20-26(17-23(32)18-33-20)30(39)35-24-11-7-21(8-12-24)19-37-28-5-3-4-6-29(28)38(31(37)40)25-13-9-22(10-14-25)27-15-16-34-36(27)2/h3-6,9-10,13-18,21,24H,7-8,11-12,19H2,1-2H3,(H,35,39)/t21-,24-. The molecule has 40 heavy (non-hydrogen) atoms. The number of fused-ring (bicyclic) bond motifs is 1. The van der Waals surface area contributed by atoms with Crippen LogP contribution in [-0.4, -0.2) is 35.8 Å². The number of benzene rings is 2. The van der Waals surface area contributed by atoms with Crippen molar-refractivity contribution >= 4 is 28.5 Å². The van der Waals surface area contributed by atoms with Crippen molar-refractivity contribution in [1.29, 1.82) is 0 Å². The molecule has 0 spiro atoms. The van der Waals surface area contributed by atoms with Gasteiger partial charge in [0.15, 0.2) is 0 Å². The number of aryl methyl sites for hydroxylation is 2. The summed E-state index contributed by atoms with van der Waals surface area (Å²) in [5.41, 5.74) is 5.88. The topological polar surface area (TPSA) is 86.7 Å². The van der Waals surface area contributed by atoms with Gasteiger partial charge in [0, 0.05) is 32.0 Å². The number of halogens is 1. The maximum absolute atomic E-state index is 13.8. The number of imidazole rings is 1. The Balaban J connectivity index is 1.18. The first kappa shape index (κ1) is 26.1. The van der Waals surface area contributed by atoms with Crippen molar-refractivity contribution in [3.05, 3.63) is 99.8 Å². The molecule has 0 aliphatic heterocycles. The molecule has 0 radical (unpaired) electrons. The molecule has 3 heterocycles. The molecule has 6 rings (SSSR count). The third-order valence-corrected chi connectivity index (χ3v) is 8.21. The fourth-order valence-corrected chi connectivity index (χ4v) is 5.98. The molecule has 2 aromatic carbocycles. The lowest BCUT2D eigenvalue weighted by Gasteiger charge is -2.29. The van der Waals surface area contributed by atoms with Gasteiger partial charge in [0.1, 0.15) is 0 Å². The number of amides is 1. The van der Waals surface area contributed by atoms with Crippen LogP contribution < -0.4 is 11.0 Å². The molecular formula is C31H31ClN6O2. The van der Waals surface area contributed by atoms with E-state index >= 15 is 0 Å². The highest BCUT2D eigenvalue weighted by Gasteiger charge is 2.25. The maximum Gasteiger partial charge on any atom is 0.333 e. The van der Waals surface area contributed by atoms with E-state index in [2.05, 4.69) is 15.4 Å². The quantitative estimate of drug-likeness (QED) is 0.299. The van der Waals surface area contributed by atoms with Gasteiger partial charge in [-0.15, -0.1) is 0 Å². The normalized spacial score (nSPS) is 17.3. The number of hydrogen-bond donors (Lipinski definition) is 1. The minimum absolute atomic E-state index is 0.0335. The SMILES string of the molecule is Cc1ncc(Cl)cc1C(=O)N[C@H]1CC[C@H](Cn2c(=O)n(-c3ccc(-c4ccnn4C)cc3)c3ccccc32)CC1. The third-order valence-electron chi connectivity index (χ3n) is 8.00. The van der Waals surface area contributed by atoms with Gasteiger partial charge in [-0.1, -0.05) is 35.9 Å². The van der Waals surface area contributed by atoms with Gasteiger partial charge in [-0.05, 0) is 80.5 Å². The van der Waals surface area contributed by atoms with Crippen LogP contribution in [0.3, 0.4) is 0 Å². The first-order valence-corrected chi connectivity index (χ1v) is 14.0. The Morgan fingerprint density at radius 3 is 2.45 bits per heavy atom. The Labute approximate surface area is 237 Å². The van der Waals surface area contributed by atoms with Crippen molar-refractivity contribution in [2.45, 2.75) is 45.2 Å². The second-order valence-electron chi connectivity index (χ2n) is 10.6. The Morgan fingerprint density at radius 1 is 1.02 bits per heavy atom. The molecule has 3 aromatic heterocycles. The summed E-state index contributed by atoms with van der Waals surface area (Å²) < 4.78 is 5.55. The molecular weight excluding hydrogens is 524 g/mol. The molecule has 0 unspecified atom stereocenters. The molecule has 0 bridgehead atoms. The van der Waals surface area contributed by atoms with E-state index in [9.17, 15) is 9.59 Å². The van der Waals surface area contributed by atoms with E-state index in [4.69, 9.17) is 11.6 Å². The van der Waals surface area contributed by atoms with Gasteiger partial charge in [-0.25, -0.2) is 4.79 Å². The van der Waals surface area contributed by atoms with Crippen molar-refractivity contribution in [3.8, 4) is 16.9 Å². The molecule has 0 atom stereocenters. The highest BCUT2D eigenvalue weighted by atomic mass is 35.5. The van der Waals surface area contributed by atoms with Crippen LogP contribution in [0, 0.1) is 12.8 Å². The molecule has 1 amide bonds. The number of carbonyl (C=O) groups is 1. The lowest BCUT2D eigenvalue weighted by molar-refractivity contribution is 0.0919. The van der Waals surface area contributed by atoms with Crippen LogP contribution >= 0.6 is 11.6 Å². The van der Waals surface area contributed by atoms with Crippen molar-refractivity contribution in [2.24, 2.45) is 13.0 Å². The van der Waals surface area contributed by atoms with Crippen LogP contribution in [0.4, 0.5) is 0 Å². The van der Waals surface area contributed by atoms with Crippen molar-refractivity contribution < 1.29 is 4.79 Å². The number of hydrogen-bond acceptors (Lipinski definition) is 4. The van der Waals surface area contributed by atoms with Crippen molar-refractivity contribution in [1.82, 2.24) is 29.2 Å². The van der Waals surface area contributed by atoms with Crippen LogP contribution in [0.5, 0.6) is 0 Å². The van der Waals surface area contributed by atoms with Crippen LogP contribution in [-0.2, 0) is 13.6 Å². The molecule has 1 aliphatic rings. The minimum Gasteiger partial charge on any atom is -0.349 e. The van der Waals surface area contributed by atoms with Gasteiger partial charge < -0.3 is 5.32 Å². The van der Waals surface area contributed by atoms with Crippen LogP contribution in [0.1, 0.15) is 41.7 Å². The van der Waals surface area contributed by atoms with Gasteiger partial charge >= 0.3 is 5.69 Å². The van der Waals surface area contributed by atoms with Gasteiger partial charge in [0.2, 0.25) is 0 Å². The summed E-state index contributed by atoms with van der Waals surface area (Å²) in [6.07, 6.45) is 6.93. The summed E-state index contributed by atoms with van der Waals surface area (Å²) in [6.45, 7) is 2.46. The van der Waals surface area contributed by atoms with Crippen LogP contribution in [0.15, 0.2) is 77.9 Å². The third kappa shape index (κ3) is 4.95. The van der Waals surface area contributed by atoms with Crippen molar-refractivity contribution in [3.63, 3.8) is 0 Å². The second-order valence-corrected chi connectivity index (χ2v) is 11.0. The van der Waals surface area contributed by atoms with Crippen molar-refractivity contribution in [2.75, 3.05) is 0 Å². The van der Waals surface area contributed by atoms with E-state index < -0.39 is 0 Å². The first-order valence-electron chi connectivity index (χ1n) is 13.6. The summed E-state index contributed by atoms with van der Waals surface area (Å²) in [7, 11) is 1.92. The Morgan fingerprint density at radius 2 is 1.75 bits per heavy atom. The lowest BCUT2D eigenvalue weighted by Crippen LogP contribution is -2.39. The number of nitrogens with one attached hydrogen (secondary N) is 1. The number of nitrogens with zero attached hydrogens (tertiary/aromatic N) is 5. The molecule has 1 N–H and O–H groups in total. The summed E-state index contributed by atoms with van der Waals surface area (Å²) in [4.78, 5) is 30.8. The molecule has 5 aromatic rings. The predicted octanol–water partition coefficient (Wildman–Crippen LogP) is 5.54. The van der Waals surface area contributed by atoms with E-state index in [1.54, 1.807) is 23.0 Å². The summed E-state index contributed by atoms with van der Waals surface area (Å²) >= 11 is 6.05. The molecule has 1 aliphatic carbocycles. The van der Waals surface area contributed by atoms with E-state index in [-0.39, 0.29) is 17.6 Å². The Bertz CT molecular complexity index is 1740. The Hall–Kier alpha value is -4.17.